The zero-order valence-electron chi connectivity index (χ0n) is 40.8. The molecule has 5 aliphatic heterocycles. The topological polar surface area (TPSA) is 26.8 Å². The molecule has 0 bridgehead atoms. The fourth-order valence-corrected chi connectivity index (χ4v) is 13.3. The van der Waals surface area contributed by atoms with E-state index < -0.39 is 0 Å². The molecule has 0 aromatic heterocycles. The molecule has 5 aliphatic rings. The van der Waals surface area contributed by atoms with E-state index in [1.165, 1.54) is 93.6 Å². The Bertz CT molecular complexity index is 3660. The first kappa shape index (κ1) is 40.7. The Morgan fingerprint density at radius 2 is 0.870 bits per heavy atom. The van der Waals surface area contributed by atoms with Gasteiger partial charge in [-0.3, -0.25) is 4.90 Å². The molecule has 332 valence electrons. The van der Waals surface area contributed by atoms with Crippen molar-refractivity contribution in [3.63, 3.8) is 0 Å². The van der Waals surface area contributed by atoms with Crippen molar-refractivity contribution in [1.82, 2.24) is 0 Å². The van der Waals surface area contributed by atoms with Crippen LogP contribution in [0.5, 0.6) is 0 Å². The van der Waals surface area contributed by atoms with Crippen LogP contribution in [0.15, 0.2) is 163 Å². The van der Waals surface area contributed by atoms with Crippen LogP contribution in [-0.2, 0) is 12.8 Å². The third-order valence-electron chi connectivity index (χ3n) is 15.9. The van der Waals surface area contributed by atoms with Crippen LogP contribution in [0.3, 0.4) is 0 Å². The highest BCUT2D eigenvalue weighted by atomic mass is 16.2. The third-order valence-corrected chi connectivity index (χ3v) is 15.9. The molecule has 0 aliphatic carbocycles. The quantitative estimate of drug-likeness (QED) is 0.165. The lowest BCUT2D eigenvalue weighted by atomic mass is 9.30. The van der Waals surface area contributed by atoms with Crippen molar-refractivity contribution in [3.8, 4) is 22.3 Å². The van der Waals surface area contributed by atoms with E-state index in [4.69, 9.17) is 0 Å². The van der Waals surface area contributed by atoms with Crippen LogP contribution in [-0.4, -0.2) is 19.5 Å². The fourth-order valence-electron chi connectivity index (χ4n) is 13.3. The Kier molecular flexibility index (Phi) is 8.21. The van der Waals surface area contributed by atoms with E-state index in [1.54, 1.807) is 0 Å². The second-order valence-corrected chi connectivity index (χ2v) is 22.9. The highest BCUT2D eigenvalue weighted by Gasteiger charge is 2.53. The van der Waals surface area contributed by atoms with Crippen molar-refractivity contribution < 1.29 is 4.79 Å². The number of benzene rings is 9. The number of carbonyl (C=O) groups excluding carboxylic acids is 1. The average molecular weight is 890 g/mol. The van der Waals surface area contributed by atoms with Gasteiger partial charge < -0.3 is 0 Å². The van der Waals surface area contributed by atoms with E-state index in [1.807, 2.05) is 0 Å². The van der Waals surface area contributed by atoms with Crippen LogP contribution in [0.1, 0.15) is 63.8 Å². The molecule has 4 nitrogen and oxygen atoms in total. The minimum Gasteiger partial charge on any atom is -0.284 e. The molecule has 1 fully saturated rings. The molecule has 0 radical (unpaired) electrons. The van der Waals surface area contributed by atoms with Gasteiger partial charge in [-0.15, -0.1) is 0 Å². The lowest BCUT2D eigenvalue weighted by Gasteiger charge is -2.53. The molecule has 0 unspecified atom stereocenters. The normalized spacial score (nSPS) is 15.4. The van der Waals surface area contributed by atoms with E-state index >= 15 is 4.79 Å². The zero-order chi connectivity index (χ0) is 47.0. The summed E-state index contributed by atoms with van der Waals surface area (Å²) in [5.41, 5.74) is 18.8. The van der Waals surface area contributed by atoms with E-state index in [-0.39, 0.29) is 30.3 Å². The number of fused-ring (bicyclic) bond motifs is 6. The summed E-state index contributed by atoms with van der Waals surface area (Å²) in [4.78, 5) is 23.4. The van der Waals surface area contributed by atoms with Gasteiger partial charge in [-0.25, -0.2) is 14.6 Å². The number of nitrogens with zero attached hydrogens (tertiary/aromatic N) is 3. The Morgan fingerprint density at radius 1 is 0.435 bits per heavy atom. The number of aryl methyl sites for hydroxylation is 2. The first-order valence-corrected chi connectivity index (χ1v) is 24.9. The average Bonchev–Trinajstić information content (AvgIpc) is 3.32. The Labute approximate surface area is 405 Å². The molecule has 0 saturated carbocycles. The summed E-state index contributed by atoms with van der Waals surface area (Å²) in [5.74, 6) is 6.74. The highest BCUT2D eigenvalue weighted by Crippen LogP contribution is 2.50. The Hall–Kier alpha value is -7.30. The van der Waals surface area contributed by atoms with Gasteiger partial charge in [-0.2, -0.15) is 0 Å². The number of amides is 2. The number of urea groups is 1. The summed E-state index contributed by atoms with van der Waals surface area (Å²) in [6.07, 6.45) is 1.87. The highest BCUT2D eigenvalue weighted by molar-refractivity contribution is 6.99. The van der Waals surface area contributed by atoms with Gasteiger partial charge >= 0.3 is 6.03 Å². The molecule has 5 heterocycles. The standard InChI is InChI=1S/C63H53B2N3O/c1-36-23-29-50(44-19-11-9-17-42(36)44)66-52-34-64-56-40(32-62(3,4)5)27-25-38-15-13-21-46(54(38)56)48-31-49-47-22-14-16-39-26-28-41(33-63(6,7)8)57(55(39)47)65-35-53(68(52)60(58(48)64)59(49)65)67(61(66)69)51-30-24-37(2)43-18-10-12-20-45(43)51/h9-31,34-35H,32-33H2,1-8H3. The van der Waals surface area contributed by atoms with E-state index in [2.05, 4.69) is 222 Å². The Balaban J connectivity index is 1.18. The van der Waals surface area contributed by atoms with Crippen molar-refractivity contribution in [2.24, 2.45) is 10.8 Å². The predicted molar refractivity (Wildman–Crippen MR) is 295 cm³/mol. The van der Waals surface area contributed by atoms with Crippen LogP contribution in [0.4, 0.5) is 21.9 Å². The van der Waals surface area contributed by atoms with Gasteiger partial charge in [0.1, 0.15) is 11.6 Å². The van der Waals surface area contributed by atoms with E-state index in [0.717, 1.165) is 57.4 Å². The van der Waals surface area contributed by atoms with Gasteiger partial charge in [0.15, 0.2) is 0 Å². The minimum absolute atomic E-state index is 0.0508. The Morgan fingerprint density at radius 3 is 1.30 bits per heavy atom. The maximum Gasteiger partial charge on any atom is 0.340 e. The predicted octanol–water partition coefficient (Wildman–Crippen LogP) is 13.0. The van der Waals surface area contributed by atoms with Gasteiger partial charge in [0.05, 0.1) is 11.4 Å². The first-order chi connectivity index (χ1) is 33.2. The summed E-state index contributed by atoms with van der Waals surface area (Å²) in [6.45, 7) is 18.3. The molecule has 9 aromatic carbocycles. The summed E-state index contributed by atoms with van der Waals surface area (Å²) in [5, 5.41) is 9.59. The molecular formula is C63H53B2N3O. The van der Waals surface area contributed by atoms with E-state index in [0.29, 0.717) is 0 Å². The van der Waals surface area contributed by atoms with Crippen molar-refractivity contribution in [2.75, 3.05) is 14.7 Å². The molecular weight excluding hydrogens is 836 g/mol. The smallest absolute Gasteiger partial charge is 0.284 e. The lowest BCUT2D eigenvalue weighted by molar-refractivity contribution is 0.253. The van der Waals surface area contributed by atoms with Crippen LogP contribution in [0.2, 0.25) is 0 Å². The number of anilines is 3. The maximum atomic E-state index is 16.7. The van der Waals surface area contributed by atoms with Crippen LogP contribution < -0.4 is 36.6 Å². The number of hydrogen-bond donors (Lipinski definition) is 0. The van der Waals surface area contributed by atoms with Crippen LogP contribution in [0.25, 0.3) is 65.3 Å². The SMILES string of the molecule is Cc1ccc(N2C(=O)N(c3ccc(C)c4ccccc34)C3=CB4c5c(cc6c7c5N3C2=CB7c2c(CC(C)(C)C)ccc3cccc-6c23)-c2cccc3ccc(CC(C)(C)C)c4c23)c2ccccc12. The van der Waals surface area contributed by atoms with Crippen LogP contribution >= 0.6 is 0 Å². The summed E-state index contributed by atoms with van der Waals surface area (Å²) < 4.78 is 0. The number of carbonyl (C=O) groups is 1. The third kappa shape index (κ3) is 5.63. The summed E-state index contributed by atoms with van der Waals surface area (Å²) >= 11 is 0. The maximum absolute atomic E-state index is 16.7. The number of rotatable bonds is 4. The van der Waals surface area contributed by atoms with Gasteiger partial charge in [-0.1, -0.05) is 197 Å². The molecule has 69 heavy (non-hydrogen) atoms. The van der Waals surface area contributed by atoms with Crippen molar-refractivity contribution >= 4 is 101 Å². The second kappa shape index (κ2) is 13.9. The molecule has 6 heteroatoms. The largest absolute Gasteiger partial charge is 0.340 e. The van der Waals surface area contributed by atoms with E-state index in [9.17, 15) is 0 Å². The van der Waals surface area contributed by atoms with Gasteiger partial charge in [0.25, 0.3) is 0 Å². The number of hydrogen-bond acceptors (Lipinski definition) is 2. The first-order valence-electron chi connectivity index (χ1n) is 24.9. The molecule has 9 aromatic rings. The van der Waals surface area contributed by atoms with Gasteiger partial charge in [0.2, 0.25) is 13.4 Å². The molecule has 0 spiro atoms. The minimum atomic E-state index is -0.108. The lowest BCUT2D eigenvalue weighted by Crippen LogP contribution is -2.67. The van der Waals surface area contributed by atoms with Crippen molar-refractivity contribution in [2.45, 2.75) is 68.2 Å². The fraction of sp³-hybridized carbons (Fsp3) is 0.190. The van der Waals surface area contributed by atoms with Crippen molar-refractivity contribution in [3.05, 3.63) is 185 Å². The van der Waals surface area contributed by atoms with Gasteiger partial charge in [0, 0.05) is 16.5 Å². The molecule has 1 saturated heterocycles. The molecule has 14 rings (SSSR count). The summed E-state index contributed by atoms with van der Waals surface area (Å²) in [6, 6.07) is 51.8. The van der Waals surface area contributed by atoms with Crippen molar-refractivity contribution in [1.29, 1.82) is 0 Å². The molecule has 0 atom stereocenters. The monoisotopic (exact) mass is 889 g/mol. The molecule has 2 amide bonds. The summed E-state index contributed by atoms with van der Waals surface area (Å²) in [7, 11) is 0. The van der Waals surface area contributed by atoms with Gasteiger partial charge in [-0.05, 0) is 132 Å². The second-order valence-electron chi connectivity index (χ2n) is 22.9. The van der Waals surface area contributed by atoms with Crippen LogP contribution in [0, 0.1) is 24.7 Å². The molecule has 0 N–H and O–H groups in total. The zero-order valence-corrected chi connectivity index (χ0v) is 40.8.